The number of hydrogen-bond acceptors (Lipinski definition) is 5. The smallest absolute Gasteiger partial charge is 0.307 e. The number of benzene rings is 1. The molecule has 2 fully saturated rings. The molecule has 0 saturated carbocycles. The van der Waals surface area contributed by atoms with Crippen molar-refractivity contribution in [1.29, 1.82) is 0 Å². The zero-order valence-electron chi connectivity index (χ0n) is 17.0. The second-order valence-corrected chi connectivity index (χ2v) is 8.00. The third-order valence-electron chi connectivity index (χ3n) is 5.80. The molecule has 2 aliphatic rings. The molecule has 158 valence electrons. The lowest BCUT2D eigenvalue weighted by Gasteiger charge is -2.27. The molecule has 2 aromatic rings. The van der Waals surface area contributed by atoms with Gasteiger partial charge in [0.1, 0.15) is 5.82 Å². The lowest BCUT2D eigenvalue weighted by atomic mass is 9.97. The van der Waals surface area contributed by atoms with Crippen molar-refractivity contribution in [3.05, 3.63) is 59.3 Å². The fraction of sp³-hybridized carbons (Fsp3) is 0.435. The number of carboxylic acids is 1. The number of carbonyl (C=O) groups excluding carboxylic acids is 1. The van der Waals surface area contributed by atoms with E-state index in [1.54, 1.807) is 12.3 Å². The maximum absolute atomic E-state index is 12.8. The topological polar surface area (TPSA) is 83.0 Å². The minimum atomic E-state index is -0.809. The number of pyridine rings is 1. The van der Waals surface area contributed by atoms with Crippen molar-refractivity contribution in [1.82, 2.24) is 9.88 Å². The average molecular weight is 409 g/mol. The van der Waals surface area contributed by atoms with Crippen LogP contribution in [-0.2, 0) is 22.4 Å². The zero-order chi connectivity index (χ0) is 20.9. The van der Waals surface area contributed by atoms with Crippen molar-refractivity contribution < 1.29 is 19.4 Å². The molecule has 7 nitrogen and oxygen atoms in total. The number of rotatable bonds is 6. The highest BCUT2D eigenvalue weighted by Crippen LogP contribution is 2.26. The van der Waals surface area contributed by atoms with Gasteiger partial charge in [0.25, 0.3) is 5.91 Å². The van der Waals surface area contributed by atoms with Crippen LogP contribution in [0.3, 0.4) is 0 Å². The van der Waals surface area contributed by atoms with E-state index in [9.17, 15) is 9.59 Å². The summed E-state index contributed by atoms with van der Waals surface area (Å²) in [7, 11) is 0. The van der Waals surface area contributed by atoms with Crippen LogP contribution in [0.1, 0.15) is 27.9 Å². The second kappa shape index (κ2) is 9.26. The van der Waals surface area contributed by atoms with Gasteiger partial charge in [-0.15, -0.1) is 0 Å². The summed E-state index contributed by atoms with van der Waals surface area (Å²) < 4.78 is 5.33. The number of hydrogen-bond donors (Lipinski definition) is 1. The molecule has 1 N–H and O–H groups in total. The van der Waals surface area contributed by atoms with Gasteiger partial charge in [-0.1, -0.05) is 24.3 Å². The van der Waals surface area contributed by atoms with Gasteiger partial charge in [-0.25, -0.2) is 4.98 Å². The number of anilines is 1. The molecule has 4 rings (SSSR count). The van der Waals surface area contributed by atoms with Gasteiger partial charge in [0.2, 0.25) is 0 Å². The highest BCUT2D eigenvalue weighted by molar-refractivity contribution is 5.95. The molecule has 0 bridgehead atoms. The van der Waals surface area contributed by atoms with Crippen LogP contribution in [-0.4, -0.2) is 66.3 Å². The van der Waals surface area contributed by atoms with Crippen molar-refractivity contribution in [3.8, 4) is 0 Å². The first-order valence-corrected chi connectivity index (χ1v) is 10.5. The fourth-order valence-electron chi connectivity index (χ4n) is 4.18. The lowest BCUT2D eigenvalue weighted by Crippen LogP contribution is -2.40. The predicted molar refractivity (Wildman–Crippen MR) is 113 cm³/mol. The maximum atomic E-state index is 12.8. The first-order valence-electron chi connectivity index (χ1n) is 10.5. The molecule has 0 aliphatic carbocycles. The van der Waals surface area contributed by atoms with Crippen LogP contribution in [0, 0.1) is 5.92 Å². The normalized spacial score (nSPS) is 19.1. The summed E-state index contributed by atoms with van der Waals surface area (Å²) in [6.45, 7) is 4.27. The molecule has 3 heterocycles. The number of carbonyl (C=O) groups is 2. The van der Waals surface area contributed by atoms with Gasteiger partial charge in [-0.2, -0.15) is 0 Å². The third kappa shape index (κ3) is 4.97. The Hall–Kier alpha value is -2.93. The molecule has 0 radical (unpaired) electrons. The Morgan fingerprint density at radius 1 is 1.07 bits per heavy atom. The molecular weight excluding hydrogens is 382 g/mol. The monoisotopic (exact) mass is 409 g/mol. The van der Waals surface area contributed by atoms with Gasteiger partial charge in [-0.3, -0.25) is 9.59 Å². The van der Waals surface area contributed by atoms with E-state index in [2.05, 4.69) is 9.88 Å². The van der Waals surface area contributed by atoms with Gasteiger partial charge >= 0.3 is 5.97 Å². The highest BCUT2D eigenvalue weighted by atomic mass is 16.5. The highest BCUT2D eigenvalue weighted by Gasteiger charge is 2.25. The summed E-state index contributed by atoms with van der Waals surface area (Å²) in [5.74, 6) is 0.597. The first kappa shape index (κ1) is 20.3. The summed E-state index contributed by atoms with van der Waals surface area (Å²) >= 11 is 0. The molecule has 2 saturated heterocycles. The van der Waals surface area contributed by atoms with Crippen LogP contribution in [0.4, 0.5) is 5.82 Å². The summed E-state index contributed by atoms with van der Waals surface area (Å²) in [6.07, 6.45) is 3.80. The number of amides is 1. The molecule has 1 aromatic heterocycles. The molecule has 1 unspecified atom stereocenters. The third-order valence-corrected chi connectivity index (χ3v) is 5.80. The van der Waals surface area contributed by atoms with Crippen molar-refractivity contribution in [2.45, 2.75) is 19.3 Å². The number of morpholine rings is 1. The number of aliphatic carboxylic acids is 1. The molecule has 1 amide bonds. The van der Waals surface area contributed by atoms with Gasteiger partial charge < -0.3 is 19.6 Å². The Balaban J connectivity index is 1.36. The van der Waals surface area contributed by atoms with Gasteiger partial charge in [0.15, 0.2) is 0 Å². The van der Waals surface area contributed by atoms with Crippen LogP contribution in [0.25, 0.3) is 0 Å². The maximum Gasteiger partial charge on any atom is 0.307 e. The Labute approximate surface area is 176 Å². The van der Waals surface area contributed by atoms with Crippen molar-refractivity contribution in [2.24, 2.45) is 5.92 Å². The Kier molecular flexibility index (Phi) is 6.28. The van der Waals surface area contributed by atoms with E-state index in [0.717, 1.165) is 37.3 Å². The standard InChI is InChI=1S/C23H27N3O4/c27-22(28)14-18-3-1-17(2-4-18)13-19-6-8-26(16-19)21-15-20(5-7-24-21)23(29)25-9-11-30-12-10-25/h1-5,7,15,19H,6,8-14,16H2,(H,27,28). The molecule has 2 aliphatic heterocycles. The van der Waals surface area contributed by atoms with Crippen LogP contribution in [0.2, 0.25) is 0 Å². The summed E-state index contributed by atoms with van der Waals surface area (Å²) in [5.41, 5.74) is 2.73. The van der Waals surface area contributed by atoms with Gasteiger partial charge in [0.05, 0.1) is 19.6 Å². The van der Waals surface area contributed by atoms with Crippen molar-refractivity contribution in [3.63, 3.8) is 0 Å². The van der Waals surface area contributed by atoms with E-state index < -0.39 is 5.97 Å². The van der Waals surface area contributed by atoms with Crippen LogP contribution in [0.15, 0.2) is 42.6 Å². The number of aromatic nitrogens is 1. The summed E-state index contributed by atoms with van der Waals surface area (Å²) in [6, 6.07) is 11.5. The Morgan fingerprint density at radius 2 is 1.80 bits per heavy atom. The van der Waals surface area contributed by atoms with E-state index in [1.165, 1.54) is 5.56 Å². The number of nitrogens with zero attached hydrogens (tertiary/aromatic N) is 3. The fourth-order valence-corrected chi connectivity index (χ4v) is 4.18. The lowest BCUT2D eigenvalue weighted by molar-refractivity contribution is -0.136. The van der Waals surface area contributed by atoms with Crippen LogP contribution < -0.4 is 4.90 Å². The van der Waals surface area contributed by atoms with Crippen molar-refractivity contribution >= 4 is 17.7 Å². The Morgan fingerprint density at radius 3 is 2.53 bits per heavy atom. The first-order chi connectivity index (χ1) is 14.6. The van der Waals surface area contributed by atoms with Gasteiger partial charge in [0, 0.05) is 37.9 Å². The van der Waals surface area contributed by atoms with E-state index in [1.807, 2.05) is 35.2 Å². The summed E-state index contributed by atoms with van der Waals surface area (Å²) in [5, 5.41) is 8.89. The molecule has 30 heavy (non-hydrogen) atoms. The van der Waals surface area contributed by atoms with E-state index in [-0.39, 0.29) is 12.3 Å². The minimum Gasteiger partial charge on any atom is -0.481 e. The van der Waals surface area contributed by atoms with E-state index in [4.69, 9.17) is 9.84 Å². The molecule has 1 atom stereocenters. The molecule has 7 heteroatoms. The average Bonchev–Trinajstić information content (AvgIpc) is 3.23. The quantitative estimate of drug-likeness (QED) is 0.788. The second-order valence-electron chi connectivity index (χ2n) is 8.00. The number of carboxylic acid groups (broad SMARTS) is 1. The van der Waals surface area contributed by atoms with E-state index >= 15 is 0 Å². The minimum absolute atomic E-state index is 0.0409. The zero-order valence-corrected chi connectivity index (χ0v) is 17.0. The predicted octanol–water partition coefficient (Wildman–Crippen LogP) is 2.25. The largest absolute Gasteiger partial charge is 0.481 e. The molecular formula is C23H27N3O4. The summed E-state index contributed by atoms with van der Waals surface area (Å²) in [4.78, 5) is 32.2. The van der Waals surface area contributed by atoms with E-state index in [0.29, 0.717) is 37.8 Å². The van der Waals surface area contributed by atoms with Crippen LogP contribution in [0.5, 0.6) is 0 Å². The Bertz CT molecular complexity index is 894. The SMILES string of the molecule is O=C(O)Cc1ccc(CC2CCN(c3cc(C(=O)N4CCOCC4)ccn3)C2)cc1. The van der Waals surface area contributed by atoms with Crippen molar-refractivity contribution in [2.75, 3.05) is 44.3 Å². The molecule has 1 aromatic carbocycles. The molecule has 0 spiro atoms. The number of ether oxygens (including phenoxy) is 1. The van der Waals surface area contributed by atoms with Crippen LogP contribution >= 0.6 is 0 Å². The van der Waals surface area contributed by atoms with Gasteiger partial charge in [-0.05, 0) is 42.0 Å².